The van der Waals surface area contributed by atoms with Crippen LogP contribution in [0.15, 0.2) is 0 Å². The lowest BCUT2D eigenvalue weighted by molar-refractivity contribution is -0.366. The van der Waals surface area contributed by atoms with Gasteiger partial charge in [0, 0.05) is 24.7 Å². The van der Waals surface area contributed by atoms with Crippen molar-refractivity contribution in [2.24, 2.45) is 40.9 Å². The van der Waals surface area contributed by atoms with Gasteiger partial charge in [0.25, 0.3) is 0 Å². The molecule has 0 amide bonds. The van der Waals surface area contributed by atoms with Crippen LogP contribution in [0.2, 0.25) is 0 Å². The van der Waals surface area contributed by atoms with E-state index < -0.39 is 11.7 Å². The Bertz CT molecular complexity index is 660. The van der Waals surface area contributed by atoms with Gasteiger partial charge in [-0.3, -0.25) is 9.59 Å². The van der Waals surface area contributed by atoms with Crippen LogP contribution >= 0.6 is 0 Å². The van der Waals surface area contributed by atoms with Gasteiger partial charge >= 0.3 is 5.97 Å². The Morgan fingerprint density at radius 3 is 2.72 bits per heavy atom. The summed E-state index contributed by atoms with van der Waals surface area (Å²) < 4.78 is 18.7. The minimum absolute atomic E-state index is 0.0447. The molecular weight excluding hydrogens is 368 g/mol. The summed E-state index contributed by atoms with van der Waals surface area (Å²) >= 11 is 0. The second-order valence-corrected chi connectivity index (χ2v) is 10.7. The highest BCUT2D eigenvalue weighted by Crippen LogP contribution is 2.60. The van der Waals surface area contributed by atoms with E-state index in [0.29, 0.717) is 37.4 Å². The predicted molar refractivity (Wildman–Crippen MR) is 109 cm³/mol. The number of rotatable bonds is 3. The van der Waals surface area contributed by atoms with Crippen LogP contribution in [-0.2, 0) is 23.8 Å². The molecule has 8 atom stereocenters. The van der Waals surface area contributed by atoms with E-state index in [4.69, 9.17) is 14.2 Å². The average molecular weight is 407 g/mol. The molecule has 3 saturated carbocycles. The molecule has 0 aromatic heterocycles. The Labute approximate surface area is 175 Å². The van der Waals surface area contributed by atoms with Crippen LogP contribution in [0.3, 0.4) is 0 Å². The topological polar surface area (TPSA) is 61.8 Å². The van der Waals surface area contributed by atoms with Crippen molar-refractivity contribution in [1.29, 1.82) is 0 Å². The molecule has 0 aromatic carbocycles. The first-order valence-electron chi connectivity index (χ1n) is 11.7. The number of fused-ring (bicyclic) bond motifs is 3. The summed E-state index contributed by atoms with van der Waals surface area (Å²) in [7, 11) is 0. The molecule has 0 bridgehead atoms. The SMILES string of the molecule is CCOC(=O)C1C(=O)C[C@H]2[C@@H]3CO[C@]4(C[C@@H](C)CC[C@@H]4C(C)C)O[C@H]3CC[C@]12C. The predicted octanol–water partition coefficient (Wildman–Crippen LogP) is 4.37. The number of hydrogen-bond acceptors (Lipinski definition) is 5. The highest BCUT2D eigenvalue weighted by molar-refractivity contribution is 6.02. The van der Waals surface area contributed by atoms with Gasteiger partial charge in [-0.2, -0.15) is 0 Å². The lowest BCUT2D eigenvalue weighted by Crippen LogP contribution is -2.60. The van der Waals surface area contributed by atoms with Crippen LogP contribution in [-0.4, -0.2) is 36.9 Å². The molecule has 0 aromatic rings. The molecule has 29 heavy (non-hydrogen) atoms. The number of ketones is 1. The smallest absolute Gasteiger partial charge is 0.317 e. The minimum Gasteiger partial charge on any atom is -0.465 e. The Hall–Kier alpha value is -0.940. The van der Waals surface area contributed by atoms with E-state index in [0.717, 1.165) is 25.7 Å². The summed E-state index contributed by atoms with van der Waals surface area (Å²) in [6.07, 6.45) is 5.66. The van der Waals surface area contributed by atoms with E-state index in [1.165, 1.54) is 6.42 Å². The molecule has 4 aliphatic rings. The zero-order valence-electron chi connectivity index (χ0n) is 18.7. The van der Waals surface area contributed by atoms with E-state index in [-0.39, 0.29) is 35.1 Å². The fourth-order valence-electron chi connectivity index (χ4n) is 7.14. The number of carbonyl (C=O) groups is 2. The summed E-state index contributed by atoms with van der Waals surface area (Å²) in [5.41, 5.74) is -0.334. The maximum Gasteiger partial charge on any atom is 0.317 e. The minimum atomic E-state index is -0.623. The van der Waals surface area contributed by atoms with Gasteiger partial charge < -0.3 is 14.2 Å². The molecule has 0 radical (unpaired) electrons. The van der Waals surface area contributed by atoms with Gasteiger partial charge in [-0.25, -0.2) is 0 Å². The number of hydrogen-bond donors (Lipinski definition) is 0. The first-order valence-corrected chi connectivity index (χ1v) is 11.7. The first kappa shape index (κ1) is 21.3. The fourth-order valence-corrected chi connectivity index (χ4v) is 7.14. The summed E-state index contributed by atoms with van der Waals surface area (Å²) in [4.78, 5) is 25.4. The molecule has 164 valence electrons. The molecule has 5 nitrogen and oxygen atoms in total. The van der Waals surface area contributed by atoms with E-state index in [1.54, 1.807) is 6.92 Å². The summed E-state index contributed by atoms with van der Waals surface area (Å²) in [6, 6.07) is 0. The highest BCUT2D eigenvalue weighted by atomic mass is 16.7. The first-order chi connectivity index (χ1) is 13.7. The van der Waals surface area contributed by atoms with E-state index in [2.05, 4.69) is 27.7 Å². The average Bonchev–Trinajstić information content (AvgIpc) is 2.92. The largest absolute Gasteiger partial charge is 0.465 e. The standard InChI is InChI=1S/C24H38O5/c1-6-27-22(26)21-19(25)11-18-16-13-28-24(29-20(16)9-10-23(18,21)5)12-15(4)7-8-17(24)14(2)3/h14-18,20-21H,6-13H2,1-5H3/t15-,16-,17+,18-,20-,21?,23-,24+/m0/s1. The molecule has 4 fully saturated rings. The maximum absolute atomic E-state index is 12.8. The van der Waals surface area contributed by atoms with Crippen molar-refractivity contribution >= 4 is 11.8 Å². The van der Waals surface area contributed by atoms with Crippen LogP contribution in [0.1, 0.15) is 73.1 Å². The van der Waals surface area contributed by atoms with Crippen molar-refractivity contribution in [3.05, 3.63) is 0 Å². The van der Waals surface area contributed by atoms with Crippen molar-refractivity contribution < 1.29 is 23.8 Å². The molecule has 1 spiro atoms. The van der Waals surface area contributed by atoms with Gasteiger partial charge in [0.05, 0.1) is 19.3 Å². The van der Waals surface area contributed by atoms with Crippen LogP contribution in [0.4, 0.5) is 0 Å². The van der Waals surface area contributed by atoms with Crippen molar-refractivity contribution in [3.8, 4) is 0 Å². The molecule has 3 aliphatic carbocycles. The van der Waals surface area contributed by atoms with Crippen molar-refractivity contribution in [3.63, 3.8) is 0 Å². The van der Waals surface area contributed by atoms with Gasteiger partial charge in [-0.1, -0.05) is 34.1 Å². The van der Waals surface area contributed by atoms with E-state index >= 15 is 0 Å². The Balaban J connectivity index is 1.56. The van der Waals surface area contributed by atoms with Gasteiger partial charge in [0.1, 0.15) is 11.7 Å². The second-order valence-electron chi connectivity index (χ2n) is 10.7. The Morgan fingerprint density at radius 1 is 1.28 bits per heavy atom. The van der Waals surface area contributed by atoms with E-state index in [9.17, 15) is 9.59 Å². The van der Waals surface area contributed by atoms with E-state index in [1.807, 2.05) is 0 Å². The van der Waals surface area contributed by atoms with Gasteiger partial charge in [0.2, 0.25) is 0 Å². The van der Waals surface area contributed by atoms with Crippen LogP contribution in [0.25, 0.3) is 0 Å². The molecule has 5 heteroatoms. The molecule has 1 heterocycles. The number of esters is 1. The third kappa shape index (κ3) is 3.37. The molecule has 1 unspecified atom stereocenters. The third-order valence-electron chi connectivity index (χ3n) is 8.58. The lowest BCUT2D eigenvalue weighted by Gasteiger charge is -2.57. The normalized spacial score (nSPS) is 47.2. The number of Topliss-reactive ketones (excluding diaryl/α,β-unsaturated/α-hetero) is 1. The quantitative estimate of drug-likeness (QED) is 0.514. The highest BCUT2D eigenvalue weighted by Gasteiger charge is 2.63. The van der Waals surface area contributed by atoms with Crippen LogP contribution in [0.5, 0.6) is 0 Å². The molecule has 4 rings (SSSR count). The second kappa shape index (κ2) is 7.64. The monoisotopic (exact) mass is 406 g/mol. The van der Waals surface area contributed by atoms with Gasteiger partial charge in [-0.15, -0.1) is 0 Å². The van der Waals surface area contributed by atoms with Crippen LogP contribution in [0, 0.1) is 40.9 Å². The maximum atomic E-state index is 12.8. The van der Waals surface area contributed by atoms with Gasteiger partial charge in [-0.05, 0) is 49.4 Å². The molecule has 1 saturated heterocycles. The zero-order chi connectivity index (χ0) is 21.0. The molecule has 0 N–H and O–H groups in total. The van der Waals surface area contributed by atoms with Crippen molar-refractivity contribution in [2.45, 2.75) is 85.0 Å². The Kier molecular flexibility index (Phi) is 5.61. The Morgan fingerprint density at radius 2 is 2.03 bits per heavy atom. The van der Waals surface area contributed by atoms with Crippen molar-refractivity contribution in [1.82, 2.24) is 0 Å². The third-order valence-corrected chi connectivity index (χ3v) is 8.58. The number of carbonyl (C=O) groups excluding carboxylic acids is 2. The van der Waals surface area contributed by atoms with Gasteiger partial charge in [0.15, 0.2) is 5.79 Å². The molecule has 1 aliphatic heterocycles. The van der Waals surface area contributed by atoms with Crippen LogP contribution < -0.4 is 0 Å². The fraction of sp³-hybridized carbons (Fsp3) is 0.917. The van der Waals surface area contributed by atoms with Crippen molar-refractivity contribution in [2.75, 3.05) is 13.2 Å². The summed E-state index contributed by atoms with van der Waals surface area (Å²) in [5, 5.41) is 0. The summed E-state index contributed by atoms with van der Waals surface area (Å²) in [5.74, 6) is 0.494. The number of ether oxygens (including phenoxy) is 3. The summed E-state index contributed by atoms with van der Waals surface area (Å²) in [6.45, 7) is 11.7. The zero-order valence-corrected chi connectivity index (χ0v) is 18.7. The lowest BCUT2D eigenvalue weighted by atomic mass is 9.60. The molecular formula is C24H38O5.